The fraction of sp³-hybridized carbons (Fsp3) is 0.562. The number of piperazine rings is 1. The third kappa shape index (κ3) is 4.06. The van der Waals surface area contributed by atoms with Gasteiger partial charge in [-0.15, -0.1) is 0 Å². The van der Waals surface area contributed by atoms with Gasteiger partial charge in [0.15, 0.2) is 0 Å². The molecule has 1 aliphatic heterocycles. The highest BCUT2D eigenvalue weighted by Gasteiger charge is 2.27. The molecular formula is C16H25N3O4S. The van der Waals surface area contributed by atoms with Gasteiger partial charge in [-0.3, -0.25) is 4.79 Å². The zero-order valence-corrected chi connectivity index (χ0v) is 15.3. The molecule has 8 heteroatoms. The Hall–Kier alpha value is -1.64. The van der Waals surface area contributed by atoms with Crippen LogP contribution in [0.4, 0.5) is 0 Å². The first kappa shape index (κ1) is 18.7. The first-order chi connectivity index (χ1) is 11.3. The van der Waals surface area contributed by atoms with Crippen LogP contribution in [0.1, 0.15) is 31.1 Å². The summed E-state index contributed by atoms with van der Waals surface area (Å²) in [5.41, 5.74) is 0.341. The van der Waals surface area contributed by atoms with Crippen LogP contribution in [0.25, 0.3) is 0 Å². The Labute approximate surface area is 143 Å². The quantitative estimate of drug-likeness (QED) is 0.816. The van der Waals surface area contributed by atoms with Gasteiger partial charge in [0, 0.05) is 37.3 Å². The number of sulfonamides is 1. The predicted octanol–water partition coefficient (Wildman–Crippen LogP) is 0.816. The summed E-state index contributed by atoms with van der Waals surface area (Å²) < 4.78 is 32.7. The van der Waals surface area contributed by atoms with Crippen LogP contribution in [0, 0.1) is 0 Å². The van der Waals surface area contributed by atoms with Gasteiger partial charge >= 0.3 is 0 Å². The van der Waals surface area contributed by atoms with Crippen LogP contribution in [0.15, 0.2) is 23.1 Å². The molecule has 1 amide bonds. The number of carbonyl (C=O) groups excluding carboxylic acids is 1. The Morgan fingerprint density at radius 1 is 1.42 bits per heavy atom. The molecule has 2 N–H and O–H groups in total. The maximum absolute atomic E-state index is 12.8. The molecule has 0 radical (unpaired) electrons. The standard InChI is InChI=1S/C16H25N3O4S/c1-11(2)18-24(21,22)15-9-13(5-6-14(15)23-4)16(20)19-8-7-17-10-12(19)3/h5-6,9,11-12,17-18H,7-8,10H2,1-4H3/t12-/m0/s1. The van der Waals surface area contributed by atoms with Gasteiger partial charge in [-0.2, -0.15) is 0 Å². The minimum atomic E-state index is -3.76. The number of hydrogen-bond donors (Lipinski definition) is 2. The van der Waals surface area contributed by atoms with Crippen LogP contribution in [0.2, 0.25) is 0 Å². The van der Waals surface area contributed by atoms with E-state index in [1.54, 1.807) is 24.8 Å². The molecule has 1 atom stereocenters. The topological polar surface area (TPSA) is 87.7 Å². The summed E-state index contributed by atoms with van der Waals surface area (Å²) in [6.45, 7) is 7.49. The van der Waals surface area contributed by atoms with Crippen LogP contribution in [-0.2, 0) is 10.0 Å². The number of hydrogen-bond acceptors (Lipinski definition) is 5. The number of carbonyl (C=O) groups is 1. The van der Waals surface area contributed by atoms with Crippen LogP contribution < -0.4 is 14.8 Å². The van der Waals surface area contributed by atoms with Crippen molar-refractivity contribution in [3.8, 4) is 5.75 Å². The van der Waals surface area contributed by atoms with E-state index < -0.39 is 10.0 Å². The van der Waals surface area contributed by atoms with E-state index in [2.05, 4.69) is 10.0 Å². The minimum Gasteiger partial charge on any atom is -0.495 e. The van der Waals surface area contributed by atoms with Gasteiger partial charge < -0.3 is 15.0 Å². The second kappa shape index (κ2) is 7.50. The fourth-order valence-electron chi connectivity index (χ4n) is 2.70. The molecule has 0 unspecified atom stereocenters. The van der Waals surface area contributed by atoms with E-state index in [0.29, 0.717) is 12.1 Å². The van der Waals surface area contributed by atoms with E-state index >= 15 is 0 Å². The highest BCUT2D eigenvalue weighted by molar-refractivity contribution is 7.89. The molecule has 0 aliphatic carbocycles. The van der Waals surface area contributed by atoms with Crippen LogP contribution in [-0.4, -0.2) is 58.1 Å². The molecule has 1 saturated heterocycles. The van der Waals surface area contributed by atoms with Crippen molar-refractivity contribution in [2.45, 2.75) is 37.8 Å². The number of rotatable bonds is 5. The van der Waals surface area contributed by atoms with Crippen molar-refractivity contribution < 1.29 is 17.9 Å². The maximum atomic E-state index is 12.8. The van der Waals surface area contributed by atoms with Crippen molar-refractivity contribution in [2.24, 2.45) is 0 Å². The zero-order valence-electron chi connectivity index (χ0n) is 14.5. The lowest BCUT2D eigenvalue weighted by atomic mass is 10.1. The van der Waals surface area contributed by atoms with E-state index in [1.807, 2.05) is 6.92 Å². The van der Waals surface area contributed by atoms with Gasteiger partial charge in [0.2, 0.25) is 10.0 Å². The van der Waals surface area contributed by atoms with Crippen LogP contribution in [0.3, 0.4) is 0 Å². The summed E-state index contributed by atoms with van der Waals surface area (Å²) in [6, 6.07) is 4.31. The number of benzene rings is 1. The Kier molecular flexibility index (Phi) is 5.84. The highest BCUT2D eigenvalue weighted by Crippen LogP contribution is 2.26. The van der Waals surface area contributed by atoms with E-state index in [4.69, 9.17) is 4.74 Å². The number of ether oxygens (including phenoxy) is 1. The molecule has 1 heterocycles. The summed E-state index contributed by atoms with van der Waals surface area (Å²) in [4.78, 5) is 14.5. The van der Waals surface area contributed by atoms with E-state index in [-0.39, 0.29) is 28.6 Å². The smallest absolute Gasteiger partial charge is 0.254 e. The normalized spacial score (nSPS) is 18.7. The van der Waals surface area contributed by atoms with Crippen molar-refractivity contribution in [3.63, 3.8) is 0 Å². The largest absolute Gasteiger partial charge is 0.495 e. The molecule has 1 aromatic rings. The number of methoxy groups -OCH3 is 1. The van der Waals surface area contributed by atoms with Crippen molar-refractivity contribution in [1.82, 2.24) is 14.9 Å². The maximum Gasteiger partial charge on any atom is 0.254 e. The van der Waals surface area contributed by atoms with Gasteiger partial charge in [-0.05, 0) is 39.0 Å². The molecule has 0 saturated carbocycles. The molecular weight excluding hydrogens is 330 g/mol. The monoisotopic (exact) mass is 355 g/mol. The van der Waals surface area contributed by atoms with Gasteiger partial charge in [-0.25, -0.2) is 13.1 Å². The Morgan fingerprint density at radius 2 is 2.12 bits per heavy atom. The number of nitrogens with one attached hydrogen (secondary N) is 2. The molecule has 0 aromatic heterocycles. The Bertz CT molecular complexity index is 703. The molecule has 0 bridgehead atoms. The van der Waals surface area contributed by atoms with E-state index in [1.165, 1.54) is 19.2 Å². The second-order valence-electron chi connectivity index (χ2n) is 6.19. The summed E-state index contributed by atoms with van der Waals surface area (Å²) in [7, 11) is -2.35. The zero-order chi connectivity index (χ0) is 17.9. The van der Waals surface area contributed by atoms with Crippen molar-refractivity contribution >= 4 is 15.9 Å². The molecule has 1 aromatic carbocycles. The van der Waals surface area contributed by atoms with Gasteiger partial charge in [-0.1, -0.05) is 0 Å². The molecule has 1 aliphatic rings. The first-order valence-electron chi connectivity index (χ1n) is 7.98. The van der Waals surface area contributed by atoms with Gasteiger partial charge in [0.25, 0.3) is 5.91 Å². The lowest BCUT2D eigenvalue weighted by molar-refractivity contribution is 0.0655. The molecule has 134 valence electrons. The van der Waals surface area contributed by atoms with Crippen molar-refractivity contribution in [1.29, 1.82) is 0 Å². The third-order valence-electron chi connectivity index (χ3n) is 3.85. The minimum absolute atomic E-state index is 0.0210. The number of nitrogens with zero attached hydrogens (tertiary/aromatic N) is 1. The van der Waals surface area contributed by atoms with Crippen molar-refractivity contribution in [2.75, 3.05) is 26.7 Å². The molecule has 7 nitrogen and oxygen atoms in total. The molecule has 2 rings (SSSR count). The molecule has 1 fully saturated rings. The predicted molar refractivity (Wildman–Crippen MR) is 91.8 cm³/mol. The van der Waals surface area contributed by atoms with E-state index in [9.17, 15) is 13.2 Å². The molecule has 0 spiro atoms. The van der Waals surface area contributed by atoms with Crippen LogP contribution >= 0.6 is 0 Å². The third-order valence-corrected chi connectivity index (χ3v) is 5.53. The Morgan fingerprint density at radius 3 is 2.71 bits per heavy atom. The summed E-state index contributed by atoms with van der Waals surface area (Å²) in [5.74, 6) is 0.0423. The second-order valence-corrected chi connectivity index (χ2v) is 7.88. The van der Waals surface area contributed by atoms with Crippen molar-refractivity contribution in [3.05, 3.63) is 23.8 Å². The first-order valence-corrected chi connectivity index (χ1v) is 9.46. The van der Waals surface area contributed by atoms with Gasteiger partial charge in [0.1, 0.15) is 10.6 Å². The lowest BCUT2D eigenvalue weighted by Crippen LogP contribution is -2.52. The average Bonchev–Trinajstić information content (AvgIpc) is 2.53. The average molecular weight is 355 g/mol. The van der Waals surface area contributed by atoms with E-state index in [0.717, 1.165) is 13.1 Å². The summed E-state index contributed by atoms with van der Waals surface area (Å²) in [5, 5.41) is 3.23. The fourth-order valence-corrected chi connectivity index (χ4v) is 4.15. The SMILES string of the molecule is COc1ccc(C(=O)N2CCNC[C@@H]2C)cc1S(=O)(=O)NC(C)C. The summed E-state index contributed by atoms with van der Waals surface area (Å²) >= 11 is 0. The molecule has 24 heavy (non-hydrogen) atoms. The highest BCUT2D eigenvalue weighted by atomic mass is 32.2. The lowest BCUT2D eigenvalue weighted by Gasteiger charge is -2.34. The number of amides is 1. The summed E-state index contributed by atoms with van der Waals surface area (Å²) in [6.07, 6.45) is 0. The van der Waals surface area contributed by atoms with Crippen LogP contribution in [0.5, 0.6) is 5.75 Å². The van der Waals surface area contributed by atoms with Gasteiger partial charge in [0.05, 0.1) is 7.11 Å². The Balaban J connectivity index is 2.39.